The molecule has 2 fully saturated rings. The molecule has 2 amide bonds. The van der Waals surface area contributed by atoms with Crippen molar-refractivity contribution in [2.45, 2.75) is 44.2 Å². The van der Waals surface area contributed by atoms with Crippen molar-refractivity contribution in [1.29, 1.82) is 0 Å². The van der Waals surface area contributed by atoms with Crippen molar-refractivity contribution in [2.75, 3.05) is 32.6 Å². The van der Waals surface area contributed by atoms with Gasteiger partial charge in [0.1, 0.15) is 0 Å². The predicted octanol–water partition coefficient (Wildman–Crippen LogP) is 3.92. The Bertz CT molecular complexity index is 1060. The number of hydrogen-bond donors (Lipinski definition) is 2. The molecule has 33 heavy (non-hydrogen) atoms. The number of hydrogen-bond acceptors (Lipinski definition) is 4. The molecule has 0 bridgehead atoms. The summed E-state index contributed by atoms with van der Waals surface area (Å²) in [6.45, 7) is 0.807. The van der Waals surface area contributed by atoms with E-state index < -0.39 is 0 Å². The summed E-state index contributed by atoms with van der Waals surface area (Å²) < 4.78 is 0. The molecule has 0 radical (unpaired) electrons. The van der Waals surface area contributed by atoms with Gasteiger partial charge in [0, 0.05) is 43.7 Å². The van der Waals surface area contributed by atoms with E-state index in [0.29, 0.717) is 5.56 Å². The largest absolute Gasteiger partial charge is 0.394 e. The molecule has 6 nitrogen and oxygen atoms in total. The van der Waals surface area contributed by atoms with E-state index in [1.54, 1.807) is 19.0 Å². The van der Waals surface area contributed by atoms with Crippen molar-refractivity contribution in [2.24, 2.45) is 11.8 Å². The van der Waals surface area contributed by atoms with Gasteiger partial charge in [-0.3, -0.25) is 9.59 Å². The highest BCUT2D eigenvalue weighted by atomic mass is 16.3. The Kier molecular flexibility index (Phi) is 5.87. The third-order valence-corrected chi connectivity index (χ3v) is 7.71. The van der Waals surface area contributed by atoms with Gasteiger partial charge in [-0.2, -0.15) is 0 Å². The van der Waals surface area contributed by atoms with E-state index in [2.05, 4.69) is 28.4 Å². The van der Waals surface area contributed by atoms with E-state index in [1.165, 1.54) is 0 Å². The molecule has 2 heterocycles. The average Bonchev–Trinajstić information content (AvgIpc) is 3.53. The maximum Gasteiger partial charge on any atom is 0.253 e. The molecule has 0 unspecified atom stereocenters. The molecule has 0 spiro atoms. The molecule has 174 valence electrons. The van der Waals surface area contributed by atoms with E-state index in [9.17, 15) is 14.7 Å². The van der Waals surface area contributed by atoms with Gasteiger partial charge in [0.25, 0.3) is 5.91 Å². The molecule has 2 aromatic carbocycles. The number of nitrogens with one attached hydrogen (secondary N) is 1. The van der Waals surface area contributed by atoms with Crippen molar-refractivity contribution < 1.29 is 14.7 Å². The Balaban J connectivity index is 1.53. The number of aliphatic hydroxyl groups is 1. The number of amides is 2. The first-order chi connectivity index (χ1) is 16.0. The third kappa shape index (κ3) is 3.90. The van der Waals surface area contributed by atoms with Crippen LogP contribution in [0.2, 0.25) is 0 Å². The van der Waals surface area contributed by atoms with Crippen LogP contribution in [0.5, 0.6) is 0 Å². The van der Waals surface area contributed by atoms with Crippen LogP contribution >= 0.6 is 0 Å². The Morgan fingerprint density at radius 2 is 1.82 bits per heavy atom. The highest BCUT2D eigenvalue weighted by Gasteiger charge is 2.47. The number of carbonyl (C=O) groups is 2. The zero-order valence-corrected chi connectivity index (χ0v) is 19.5. The van der Waals surface area contributed by atoms with Crippen LogP contribution in [-0.2, 0) is 4.79 Å². The molecular weight excluding hydrogens is 414 g/mol. The second-order valence-corrected chi connectivity index (χ2v) is 9.93. The summed E-state index contributed by atoms with van der Waals surface area (Å²) in [7, 11) is 3.51. The molecule has 3 atom stereocenters. The molecule has 5 rings (SSSR count). The zero-order chi connectivity index (χ0) is 23.1. The lowest BCUT2D eigenvalue weighted by molar-refractivity contribution is -0.136. The molecule has 1 saturated heterocycles. The first-order valence-corrected chi connectivity index (χ1v) is 12.1. The number of likely N-dealkylation sites (tertiary alicyclic amines) is 1. The van der Waals surface area contributed by atoms with E-state index >= 15 is 0 Å². The lowest BCUT2D eigenvalue weighted by atomic mass is 9.82. The SMILES string of the molecule is CN(C)C(=O)c1cccc(-c2ccc3c(c2)[C@@H]2[C@@H](CCN2C(=O)C2CCCC2)[C@H](CO)N3)c1. The number of nitrogens with zero attached hydrogens (tertiary/aromatic N) is 2. The van der Waals surface area contributed by atoms with Crippen LogP contribution in [0.15, 0.2) is 42.5 Å². The molecule has 2 aliphatic heterocycles. The van der Waals surface area contributed by atoms with Crippen molar-refractivity contribution in [3.63, 3.8) is 0 Å². The minimum Gasteiger partial charge on any atom is -0.394 e. The van der Waals surface area contributed by atoms with Crippen LogP contribution in [-0.4, -0.2) is 60.0 Å². The van der Waals surface area contributed by atoms with Gasteiger partial charge in [0.15, 0.2) is 0 Å². The summed E-state index contributed by atoms with van der Waals surface area (Å²) in [4.78, 5) is 29.6. The van der Waals surface area contributed by atoms with Crippen LogP contribution in [0.25, 0.3) is 11.1 Å². The van der Waals surface area contributed by atoms with E-state index in [4.69, 9.17) is 0 Å². The zero-order valence-electron chi connectivity index (χ0n) is 19.5. The summed E-state index contributed by atoms with van der Waals surface area (Å²) >= 11 is 0. The van der Waals surface area contributed by atoms with Crippen LogP contribution in [0.4, 0.5) is 5.69 Å². The van der Waals surface area contributed by atoms with Gasteiger partial charge in [-0.25, -0.2) is 0 Å². The highest BCUT2D eigenvalue weighted by Crippen LogP contribution is 2.48. The minimum absolute atomic E-state index is 0.0157. The second-order valence-electron chi connectivity index (χ2n) is 9.93. The van der Waals surface area contributed by atoms with E-state index in [-0.39, 0.29) is 42.3 Å². The predicted molar refractivity (Wildman–Crippen MR) is 129 cm³/mol. The molecule has 1 saturated carbocycles. The van der Waals surface area contributed by atoms with Gasteiger partial charge in [0.2, 0.25) is 5.91 Å². The standard InChI is InChI=1S/C27H33N3O3/c1-29(2)26(32)20-9-5-8-18(14-20)19-10-11-23-22(15-19)25-21(24(16-31)28-23)12-13-30(25)27(33)17-6-3-4-7-17/h5,8-11,14-15,17,21,24-25,28,31H,3-4,6-7,12-13,16H2,1-2H3/t21-,24-,25-/m0/s1. The number of aliphatic hydroxyl groups excluding tert-OH is 1. The molecule has 6 heteroatoms. The van der Waals surface area contributed by atoms with Crippen LogP contribution < -0.4 is 5.32 Å². The average molecular weight is 448 g/mol. The van der Waals surface area contributed by atoms with Crippen molar-refractivity contribution in [3.8, 4) is 11.1 Å². The summed E-state index contributed by atoms with van der Waals surface area (Å²) in [5.41, 5.74) is 4.79. The van der Waals surface area contributed by atoms with Crippen LogP contribution in [0, 0.1) is 11.8 Å². The van der Waals surface area contributed by atoms with Gasteiger partial charge in [0.05, 0.1) is 18.7 Å². The van der Waals surface area contributed by atoms with Gasteiger partial charge in [-0.15, -0.1) is 0 Å². The normalized spacial score (nSPS) is 24.2. The smallest absolute Gasteiger partial charge is 0.253 e. The first kappa shape index (κ1) is 22.0. The summed E-state index contributed by atoms with van der Waals surface area (Å²) in [5, 5.41) is 13.6. The number of fused-ring (bicyclic) bond motifs is 3. The number of anilines is 1. The maximum absolute atomic E-state index is 13.4. The number of rotatable bonds is 4. The van der Waals surface area contributed by atoms with Crippen LogP contribution in [0.3, 0.4) is 0 Å². The van der Waals surface area contributed by atoms with Crippen LogP contribution in [0.1, 0.15) is 54.1 Å². The third-order valence-electron chi connectivity index (χ3n) is 7.71. The van der Waals surface area contributed by atoms with E-state index in [0.717, 1.165) is 61.0 Å². The minimum atomic E-state index is -0.0456. The fraction of sp³-hybridized carbons (Fsp3) is 0.481. The molecular formula is C27H33N3O3. The Morgan fingerprint density at radius 1 is 1.06 bits per heavy atom. The summed E-state index contributed by atoms with van der Waals surface area (Å²) in [6.07, 6.45) is 5.17. The Labute approximate surface area is 195 Å². The summed E-state index contributed by atoms with van der Waals surface area (Å²) in [5.74, 6) is 0.608. The topological polar surface area (TPSA) is 72.9 Å². The van der Waals surface area contributed by atoms with Gasteiger partial charge >= 0.3 is 0 Å². The molecule has 1 aliphatic carbocycles. The highest BCUT2D eigenvalue weighted by molar-refractivity contribution is 5.95. The maximum atomic E-state index is 13.4. The second kappa shape index (κ2) is 8.82. The van der Waals surface area contributed by atoms with E-state index in [1.807, 2.05) is 24.3 Å². The first-order valence-electron chi connectivity index (χ1n) is 12.1. The van der Waals surface area contributed by atoms with Gasteiger partial charge in [-0.05, 0) is 60.2 Å². The fourth-order valence-electron chi connectivity index (χ4n) is 5.99. The summed E-state index contributed by atoms with van der Waals surface area (Å²) in [6, 6.07) is 13.9. The quantitative estimate of drug-likeness (QED) is 0.745. The van der Waals surface area contributed by atoms with Gasteiger partial charge < -0.3 is 20.2 Å². The number of benzene rings is 2. The Hall–Kier alpha value is -2.86. The van der Waals surface area contributed by atoms with Crippen molar-refractivity contribution in [3.05, 3.63) is 53.6 Å². The van der Waals surface area contributed by atoms with Crippen molar-refractivity contribution >= 4 is 17.5 Å². The molecule has 2 aromatic rings. The Morgan fingerprint density at radius 3 is 2.55 bits per heavy atom. The monoisotopic (exact) mass is 447 g/mol. The lowest BCUT2D eigenvalue weighted by Gasteiger charge is -2.40. The fourth-order valence-corrected chi connectivity index (χ4v) is 5.99. The lowest BCUT2D eigenvalue weighted by Crippen LogP contribution is -2.44. The molecule has 2 N–H and O–H groups in total. The molecule has 0 aromatic heterocycles. The van der Waals surface area contributed by atoms with Gasteiger partial charge in [-0.1, -0.05) is 31.0 Å². The van der Waals surface area contributed by atoms with Crippen molar-refractivity contribution in [1.82, 2.24) is 9.80 Å². The number of carbonyl (C=O) groups excluding carboxylic acids is 2. The molecule has 3 aliphatic rings.